The number of nitrogens with one attached hydrogen (secondary N) is 1. The minimum absolute atomic E-state index is 0.0172. The molecule has 22 heavy (non-hydrogen) atoms. The van der Waals surface area contributed by atoms with Crippen molar-refractivity contribution < 1.29 is 14.4 Å². The molecule has 2 heterocycles. The maximum absolute atomic E-state index is 12.4. The number of amides is 1. The van der Waals surface area contributed by atoms with Crippen LogP contribution in [0.2, 0.25) is 0 Å². The van der Waals surface area contributed by atoms with Crippen LogP contribution in [0.25, 0.3) is 0 Å². The van der Waals surface area contributed by atoms with Crippen LogP contribution in [0.15, 0.2) is 22.0 Å². The van der Waals surface area contributed by atoms with Crippen molar-refractivity contribution in [3.05, 3.63) is 39.4 Å². The van der Waals surface area contributed by atoms with Crippen LogP contribution >= 0.6 is 11.3 Å². The molecule has 0 radical (unpaired) electrons. The van der Waals surface area contributed by atoms with Gasteiger partial charge in [0.05, 0.1) is 24.3 Å². The lowest BCUT2D eigenvalue weighted by Gasteiger charge is -2.37. The fourth-order valence-electron chi connectivity index (χ4n) is 2.93. The van der Waals surface area contributed by atoms with Gasteiger partial charge in [0.25, 0.3) is 0 Å². The fraction of sp³-hybridized carbons (Fsp3) is 0.500. The van der Waals surface area contributed by atoms with Crippen LogP contribution in [0.1, 0.15) is 40.8 Å². The van der Waals surface area contributed by atoms with Crippen molar-refractivity contribution in [3.63, 3.8) is 0 Å². The van der Waals surface area contributed by atoms with Gasteiger partial charge in [0.1, 0.15) is 5.76 Å². The van der Waals surface area contributed by atoms with Crippen LogP contribution in [-0.4, -0.2) is 22.3 Å². The van der Waals surface area contributed by atoms with Crippen LogP contribution in [0.4, 0.5) is 0 Å². The van der Waals surface area contributed by atoms with Crippen molar-refractivity contribution in [1.82, 2.24) is 10.5 Å². The molecule has 1 saturated carbocycles. The Morgan fingerprint density at radius 2 is 2.32 bits per heavy atom. The zero-order chi connectivity index (χ0) is 15.7. The molecule has 6 heteroatoms. The topological polar surface area (TPSA) is 75.4 Å². The van der Waals surface area contributed by atoms with Crippen LogP contribution < -0.4 is 5.32 Å². The summed E-state index contributed by atoms with van der Waals surface area (Å²) in [4.78, 5) is 13.6. The maximum atomic E-state index is 12.4. The normalized spacial score (nSPS) is 22.1. The molecule has 1 fully saturated rings. The SMILES string of the molecule is Cc1noc(C)c1CC(=O)NC(c1cccs1)C1CC(O)C1. The highest BCUT2D eigenvalue weighted by atomic mass is 32.1. The number of thiophene rings is 1. The third kappa shape index (κ3) is 3.08. The molecule has 1 unspecified atom stereocenters. The van der Waals surface area contributed by atoms with E-state index in [2.05, 4.69) is 10.5 Å². The van der Waals surface area contributed by atoms with Gasteiger partial charge in [0.15, 0.2) is 0 Å². The Bertz CT molecular complexity index is 625. The minimum Gasteiger partial charge on any atom is -0.393 e. The quantitative estimate of drug-likeness (QED) is 0.887. The first-order chi connectivity index (χ1) is 10.5. The molecule has 1 aliphatic carbocycles. The third-order valence-corrected chi connectivity index (χ3v) is 5.26. The van der Waals surface area contributed by atoms with E-state index in [9.17, 15) is 9.90 Å². The summed E-state index contributed by atoms with van der Waals surface area (Å²) in [7, 11) is 0. The molecular formula is C16H20N2O3S. The predicted octanol–water partition coefficient (Wildman–Crippen LogP) is 2.52. The first kappa shape index (κ1) is 15.2. The second kappa shape index (κ2) is 6.22. The number of hydrogen-bond acceptors (Lipinski definition) is 5. The van der Waals surface area contributed by atoms with Gasteiger partial charge >= 0.3 is 0 Å². The van der Waals surface area contributed by atoms with Gasteiger partial charge in [-0.1, -0.05) is 11.2 Å². The number of rotatable bonds is 5. The monoisotopic (exact) mass is 320 g/mol. The molecule has 2 aromatic rings. The Hall–Kier alpha value is -1.66. The predicted molar refractivity (Wildman–Crippen MR) is 83.6 cm³/mol. The van der Waals surface area contributed by atoms with Gasteiger partial charge in [-0.25, -0.2) is 0 Å². The van der Waals surface area contributed by atoms with E-state index in [-0.39, 0.29) is 24.5 Å². The summed E-state index contributed by atoms with van der Waals surface area (Å²) in [6.45, 7) is 3.67. The lowest BCUT2D eigenvalue weighted by Crippen LogP contribution is -2.41. The van der Waals surface area contributed by atoms with Crippen molar-refractivity contribution in [1.29, 1.82) is 0 Å². The lowest BCUT2D eigenvalue weighted by atomic mass is 9.76. The van der Waals surface area contributed by atoms with Crippen molar-refractivity contribution in [3.8, 4) is 0 Å². The third-order valence-electron chi connectivity index (χ3n) is 4.31. The van der Waals surface area contributed by atoms with Crippen LogP contribution in [0, 0.1) is 19.8 Å². The fourth-order valence-corrected chi connectivity index (χ4v) is 3.80. The van der Waals surface area contributed by atoms with Gasteiger partial charge in [-0.15, -0.1) is 11.3 Å². The summed E-state index contributed by atoms with van der Waals surface area (Å²) >= 11 is 1.64. The average Bonchev–Trinajstić information content (AvgIpc) is 3.07. The van der Waals surface area contributed by atoms with Gasteiger partial charge in [-0.3, -0.25) is 4.79 Å². The zero-order valence-electron chi connectivity index (χ0n) is 12.7. The maximum Gasteiger partial charge on any atom is 0.225 e. The van der Waals surface area contributed by atoms with E-state index in [1.165, 1.54) is 0 Å². The second-order valence-corrected chi connectivity index (χ2v) is 6.90. The Morgan fingerprint density at radius 3 is 2.86 bits per heavy atom. The Labute approximate surface area is 133 Å². The molecule has 1 atom stereocenters. The van der Waals surface area contributed by atoms with Crippen LogP contribution in [-0.2, 0) is 11.2 Å². The van der Waals surface area contributed by atoms with E-state index in [1.807, 2.05) is 31.4 Å². The summed E-state index contributed by atoms with van der Waals surface area (Å²) in [5.41, 5.74) is 1.62. The average molecular weight is 320 g/mol. The van der Waals surface area contributed by atoms with E-state index in [4.69, 9.17) is 4.52 Å². The highest BCUT2D eigenvalue weighted by Gasteiger charge is 2.36. The van der Waals surface area contributed by atoms with Gasteiger partial charge in [0, 0.05) is 10.4 Å². The summed E-state index contributed by atoms with van der Waals surface area (Å²) in [5.74, 6) is 0.968. The number of aromatic nitrogens is 1. The van der Waals surface area contributed by atoms with Gasteiger partial charge in [0.2, 0.25) is 5.91 Å². The number of carbonyl (C=O) groups is 1. The summed E-state index contributed by atoms with van der Waals surface area (Å²) < 4.78 is 5.11. The van der Waals surface area contributed by atoms with E-state index >= 15 is 0 Å². The first-order valence-electron chi connectivity index (χ1n) is 7.47. The molecule has 1 aliphatic rings. The Balaban J connectivity index is 1.69. The number of nitrogens with zero attached hydrogens (tertiary/aromatic N) is 1. The van der Waals surface area contributed by atoms with Crippen LogP contribution in [0.3, 0.4) is 0 Å². The van der Waals surface area contributed by atoms with E-state index < -0.39 is 0 Å². The standard InChI is InChI=1S/C16H20N2O3S/c1-9-13(10(2)21-18-9)8-15(20)17-16(11-6-12(19)7-11)14-4-3-5-22-14/h3-5,11-12,16,19H,6-8H2,1-2H3,(H,17,20). The number of carbonyl (C=O) groups excluding carboxylic acids is 1. The van der Waals surface area contributed by atoms with Crippen molar-refractivity contribution >= 4 is 17.2 Å². The molecule has 0 bridgehead atoms. The highest BCUT2D eigenvalue weighted by molar-refractivity contribution is 7.10. The van der Waals surface area contributed by atoms with Crippen LogP contribution in [0.5, 0.6) is 0 Å². The van der Waals surface area contributed by atoms with E-state index in [1.54, 1.807) is 11.3 Å². The molecule has 3 rings (SSSR count). The van der Waals surface area contributed by atoms with E-state index in [0.29, 0.717) is 11.7 Å². The highest BCUT2D eigenvalue weighted by Crippen LogP contribution is 2.39. The Morgan fingerprint density at radius 1 is 1.55 bits per heavy atom. The molecule has 1 amide bonds. The minimum atomic E-state index is -0.230. The molecule has 2 N–H and O–H groups in total. The van der Waals surface area contributed by atoms with Crippen molar-refractivity contribution in [2.24, 2.45) is 5.92 Å². The molecule has 0 spiro atoms. The number of hydrogen-bond donors (Lipinski definition) is 2. The first-order valence-corrected chi connectivity index (χ1v) is 8.35. The smallest absolute Gasteiger partial charge is 0.225 e. The second-order valence-electron chi connectivity index (χ2n) is 5.93. The zero-order valence-corrected chi connectivity index (χ0v) is 13.5. The molecule has 5 nitrogen and oxygen atoms in total. The molecular weight excluding hydrogens is 300 g/mol. The molecule has 0 saturated heterocycles. The lowest BCUT2D eigenvalue weighted by molar-refractivity contribution is -0.122. The van der Waals surface area contributed by atoms with Gasteiger partial charge in [-0.2, -0.15) is 0 Å². The summed E-state index contributed by atoms with van der Waals surface area (Å²) in [6, 6.07) is 4.01. The molecule has 2 aromatic heterocycles. The van der Waals surface area contributed by atoms with E-state index in [0.717, 1.165) is 29.0 Å². The Kier molecular flexibility index (Phi) is 4.31. The summed E-state index contributed by atoms with van der Waals surface area (Å²) in [6.07, 6.45) is 1.53. The number of aliphatic hydroxyl groups is 1. The molecule has 0 aliphatic heterocycles. The van der Waals surface area contributed by atoms with Crippen molar-refractivity contribution in [2.45, 2.75) is 45.3 Å². The van der Waals surface area contributed by atoms with Gasteiger partial charge < -0.3 is 14.9 Å². The largest absolute Gasteiger partial charge is 0.393 e. The molecule has 0 aromatic carbocycles. The number of aliphatic hydroxyl groups excluding tert-OH is 1. The van der Waals surface area contributed by atoms with Crippen molar-refractivity contribution in [2.75, 3.05) is 0 Å². The molecule has 118 valence electrons. The number of aryl methyl sites for hydroxylation is 2. The van der Waals surface area contributed by atoms with Gasteiger partial charge in [-0.05, 0) is 44.1 Å². The summed E-state index contributed by atoms with van der Waals surface area (Å²) in [5, 5.41) is 18.6.